The lowest BCUT2D eigenvalue weighted by Crippen LogP contribution is -2.49. The van der Waals surface area contributed by atoms with Gasteiger partial charge in [0.15, 0.2) is 0 Å². The van der Waals surface area contributed by atoms with Crippen molar-refractivity contribution < 1.29 is 0 Å². The van der Waals surface area contributed by atoms with E-state index < -0.39 is 0 Å². The van der Waals surface area contributed by atoms with Gasteiger partial charge in [0.2, 0.25) is 5.95 Å². The van der Waals surface area contributed by atoms with Crippen LogP contribution in [-0.2, 0) is 6.54 Å². The summed E-state index contributed by atoms with van der Waals surface area (Å²) in [4.78, 5) is 24.3. The van der Waals surface area contributed by atoms with Crippen molar-refractivity contribution in [1.29, 1.82) is 0 Å². The number of aryl methyl sites for hydroxylation is 1. The van der Waals surface area contributed by atoms with Crippen molar-refractivity contribution in [3.63, 3.8) is 0 Å². The number of halogens is 1. The molecule has 0 unspecified atom stereocenters. The zero-order valence-electron chi connectivity index (χ0n) is 15.9. The van der Waals surface area contributed by atoms with E-state index in [9.17, 15) is 4.79 Å². The molecule has 28 heavy (non-hydrogen) atoms. The van der Waals surface area contributed by atoms with E-state index in [0.717, 1.165) is 49.1 Å². The second-order valence-corrected chi connectivity index (χ2v) is 8.47. The molecule has 3 aromatic rings. The third-order valence-corrected chi connectivity index (χ3v) is 6.16. The maximum absolute atomic E-state index is 12.7. The molecule has 7 nitrogen and oxygen atoms in total. The molecule has 2 fully saturated rings. The van der Waals surface area contributed by atoms with Crippen LogP contribution in [0.5, 0.6) is 0 Å². The summed E-state index contributed by atoms with van der Waals surface area (Å²) in [6.07, 6.45) is 9.84. The number of rotatable bonds is 4. The van der Waals surface area contributed by atoms with Crippen LogP contribution in [0.25, 0.3) is 11.0 Å². The first-order valence-corrected chi connectivity index (χ1v) is 10.3. The summed E-state index contributed by atoms with van der Waals surface area (Å²) in [5.74, 6) is 1.20. The summed E-state index contributed by atoms with van der Waals surface area (Å²) >= 11 is 5.94. The highest BCUT2D eigenvalue weighted by atomic mass is 35.5. The second kappa shape index (κ2) is 6.88. The van der Waals surface area contributed by atoms with Crippen LogP contribution in [0.2, 0.25) is 5.02 Å². The van der Waals surface area contributed by atoms with E-state index in [0.29, 0.717) is 16.9 Å². The molecular formula is C20H23ClN6O. The molecular weight excluding hydrogens is 376 g/mol. The van der Waals surface area contributed by atoms with Gasteiger partial charge in [-0.15, -0.1) is 0 Å². The van der Waals surface area contributed by atoms with Crippen LogP contribution in [0.3, 0.4) is 0 Å². The molecule has 0 atom stereocenters. The van der Waals surface area contributed by atoms with Crippen LogP contribution >= 0.6 is 11.6 Å². The Kier molecular flexibility index (Phi) is 4.34. The smallest absolute Gasteiger partial charge is 0.252 e. The van der Waals surface area contributed by atoms with Gasteiger partial charge in [-0.2, -0.15) is 10.1 Å². The number of pyridine rings is 1. The molecule has 5 rings (SSSR count). The second-order valence-electron chi connectivity index (χ2n) is 8.03. The number of nitrogens with zero attached hydrogens (tertiary/aromatic N) is 6. The number of anilines is 1. The summed E-state index contributed by atoms with van der Waals surface area (Å²) in [5.41, 5.74) is 1.78. The zero-order chi connectivity index (χ0) is 19.3. The molecule has 0 aromatic carbocycles. The van der Waals surface area contributed by atoms with Gasteiger partial charge in [0.05, 0.1) is 11.2 Å². The van der Waals surface area contributed by atoms with Gasteiger partial charge in [-0.3, -0.25) is 14.0 Å². The van der Waals surface area contributed by atoms with Crippen molar-refractivity contribution in [3.8, 4) is 0 Å². The van der Waals surface area contributed by atoms with Crippen molar-refractivity contribution in [3.05, 3.63) is 45.6 Å². The molecule has 0 bridgehead atoms. The standard InChI is InChI=1S/C20H23ClN6O/c1-13-6-18(28)27(16-4-2-3-5-16)19-17(13)8-22-20(24-19)25-9-14(10-25)11-26-12-15(21)7-23-26/h6-8,12,14,16H,2-5,9-11H2,1H3. The molecule has 0 N–H and O–H groups in total. The summed E-state index contributed by atoms with van der Waals surface area (Å²) in [6.45, 7) is 4.55. The van der Waals surface area contributed by atoms with Crippen molar-refractivity contribution in [1.82, 2.24) is 24.3 Å². The van der Waals surface area contributed by atoms with E-state index in [1.807, 2.05) is 28.6 Å². The van der Waals surface area contributed by atoms with Crippen LogP contribution in [0.1, 0.15) is 37.3 Å². The molecule has 0 amide bonds. The lowest BCUT2D eigenvalue weighted by Gasteiger charge is -2.39. The first kappa shape index (κ1) is 17.7. The monoisotopic (exact) mass is 398 g/mol. The highest BCUT2D eigenvalue weighted by Gasteiger charge is 2.30. The predicted molar refractivity (Wildman–Crippen MR) is 109 cm³/mol. The van der Waals surface area contributed by atoms with Gasteiger partial charge in [0.1, 0.15) is 5.65 Å². The SMILES string of the molecule is Cc1cc(=O)n(C2CCCC2)c2nc(N3CC(Cn4cc(Cl)cn4)C3)ncc12. The first-order valence-electron chi connectivity index (χ1n) is 9.90. The third-order valence-electron chi connectivity index (χ3n) is 5.96. The fourth-order valence-corrected chi connectivity index (χ4v) is 4.64. The van der Waals surface area contributed by atoms with E-state index in [-0.39, 0.29) is 11.6 Å². The quantitative estimate of drug-likeness (QED) is 0.675. The normalized spacial score (nSPS) is 18.1. The minimum atomic E-state index is 0.0543. The minimum Gasteiger partial charge on any atom is -0.340 e. The minimum absolute atomic E-state index is 0.0543. The van der Waals surface area contributed by atoms with Crippen LogP contribution in [0.15, 0.2) is 29.5 Å². The van der Waals surface area contributed by atoms with Crippen LogP contribution in [-0.4, -0.2) is 37.4 Å². The molecule has 8 heteroatoms. The zero-order valence-corrected chi connectivity index (χ0v) is 16.6. The molecule has 1 saturated carbocycles. The topological polar surface area (TPSA) is 68.8 Å². The van der Waals surface area contributed by atoms with Gasteiger partial charge in [-0.1, -0.05) is 24.4 Å². The lowest BCUT2D eigenvalue weighted by atomic mass is 10.0. The highest BCUT2D eigenvalue weighted by Crippen LogP contribution is 2.32. The Hall–Kier alpha value is -2.41. The fraction of sp³-hybridized carbons (Fsp3) is 0.500. The van der Waals surface area contributed by atoms with Crippen LogP contribution < -0.4 is 10.5 Å². The largest absolute Gasteiger partial charge is 0.340 e. The van der Waals surface area contributed by atoms with E-state index in [4.69, 9.17) is 16.6 Å². The number of hydrogen-bond acceptors (Lipinski definition) is 5. The van der Waals surface area contributed by atoms with E-state index >= 15 is 0 Å². The van der Waals surface area contributed by atoms with Crippen molar-refractivity contribution >= 4 is 28.6 Å². The molecule has 0 spiro atoms. The molecule has 0 radical (unpaired) electrons. The molecule has 146 valence electrons. The number of hydrogen-bond donors (Lipinski definition) is 0. The Morgan fingerprint density at radius 2 is 2.00 bits per heavy atom. The van der Waals surface area contributed by atoms with Crippen LogP contribution in [0.4, 0.5) is 5.95 Å². The number of aromatic nitrogens is 5. The Morgan fingerprint density at radius 1 is 1.21 bits per heavy atom. The van der Waals surface area contributed by atoms with Crippen LogP contribution in [0, 0.1) is 12.8 Å². The van der Waals surface area contributed by atoms with E-state index in [1.165, 1.54) is 12.8 Å². The summed E-state index contributed by atoms with van der Waals surface area (Å²) < 4.78 is 3.79. The summed E-state index contributed by atoms with van der Waals surface area (Å²) in [5, 5.41) is 5.88. The number of fused-ring (bicyclic) bond motifs is 1. The molecule has 4 heterocycles. The van der Waals surface area contributed by atoms with Gasteiger partial charge >= 0.3 is 0 Å². The van der Waals surface area contributed by atoms with Gasteiger partial charge in [-0.05, 0) is 25.3 Å². The maximum Gasteiger partial charge on any atom is 0.252 e. The van der Waals surface area contributed by atoms with Crippen molar-refractivity contribution in [2.45, 2.75) is 45.2 Å². The summed E-state index contributed by atoms with van der Waals surface area (Å²) in [6, 6.07) is 1.98. The third kappa shape index (κ3) is 3.07. The van der Waals surface area contributed by atoms with Gasteiger partial charge in [-0.25, -0.2) is 4.98 Å². The van der Waals surface area contributed by atoms with Crippen molar-refractivity contribution in [2.24, 2.45) is 5.92 Å². The first-order chi connectivity index (χ1) is 13.6. The maximum atomic E-state index is 12.7. The van der Waals surface area contributed by atoms with Crippen molar-refractivity contribution in [2.75, 3.05) is 18.0 Å². The van der Waals surface area contributed by atoms with Gasteiger partial charge in [0.25, 0.3) is 5.56 Å². The molecule has 3 aromatic heterocycles. The fourth-order valence-electron chi connectivity index (χ4n) is 4.48. The molecule has 1 saturated heterocycles. The van der Waals surface area contributed by atoms with E-state index in [2.05, 4.69) is 15.0 Å². The average Bonchev–Trinajstić information content (AvgIpc) is 3.29. The predicted octanol–water partition coefficient (Wildman–Crippen LogP) is 3.20. The Bertz CT molecular complexity index is 1080. The van der Waals surface area contributed by atoms with E-state index in [1.54, 1.807) is 12.3 Å². The molecule has 1 aliphatic carbocycles. The Labute approximate surface area is 168 Å². The Balaban J connectivity index is 1.42. The average molecular weight is 399 g/mol. The Morgan fingerprint density at radius 3 is 2.71 bits per heavy atom. The lowest BCUT2D eigenvalue weighted by molar-refractivity contribution is 0.338. The molecule has 1 aliphatic heterocycles. The molecule has 2 aliphatic rings. The highest BCUT2D eigenvalue weighted by molar-refractivity contribution is 6.30. The van der Waals surface area contributed by atoms with Gasteiger partial charge in [0, 0.05) is 55.4 Å². The summed E-state index contributed by atoms with van der Waals surface area (Å²) in [7, 11) is 0. The van der Waals surface area contributed by atoms with Gasteiger partial charge < -0.3 is 4.90 Å².